The van der Waals surface area contributed by atoms with E-state index in [9.17, 15) is 18.3 Å². The maximum absolute atomic E-state index is 13.9. The van der Waals surface area contributed by atoms with Crippen molar-refractivity contribution in [3.8, 4) is 22.7 Å². The summed E-state index contributed by atoms with van der Waals surface area (Å²) in [6.45, 7) is 7.25. The van der Waals surface area contributed by atoms with E-state index in [0.717, 1.165) is 20.8 Å². The fourth-order valence-electron chi connectivity index (χ4n) is 4.29. The third-order valence-electron chi connectivity index (χ3n) is 6.29. The standard InChI is InChI=1S/C27H24N4O4S/c1-16-5-10-21(11-6-16)36(34,35)31-23(20-9-8-18(3)28-14-20)13-22-26(31)29-15-30(27(22)33)25-17(2)7-12-24(32)19(25)4/h5-15,32H,1-4H3. The Hall–Kier alpha value is -4.24. The molecule has 36 heavy (non-hydrogen) atoms. The van der Waals surface area contributed by atoms with Gasteiger partial charge >= 0.3 is 0 Å². The lowest BCUT2D eigenvalue weighted by Gasteiger charge is -2.14. The number of hydrogen-bond donors (Lipinski definition) is 1. The summed E-state index contributed by atoms with van der Waals surface area (Å²) in [6.07, 6.45) is 2.88. The number of rotatable bonds is 4. The SMILES string of the molecule is Cc1ccc(S(=O)(=O)n2c(-c3ccc(C)nc3)cc3c(=O)n(-c4c(C)ccc(O)c4C)cnc32)cc1. The van der Waals surface area contributed by atoms with E-state index in [1.807, 2.05) is 20.8 Å². The molecule has 0 radical (unpaired) electrons. The van der Waals surface area contributed by atoms with Crippen LogP contribution in [0.5, 0.6) is 5.75 Å². The number of benzene rings is 2. The summed E-state index contributed by atoms with van der Waals surface area (Å²) in [7, 11) is -4.11. The molecule has 3 heterocycles. The smallest absolute Gasteiger partial charge is 0.269 e. The van der Waals surface area contributed by atoms with Gasteiger partial charge in [0.25, 0.3) is 15.6 Å². The van der Waals surface area contributed by atoms with Crippen molar-refractivity contribution in [1.29, 1.82) is 0 Å². The van der Waals surface area contributed by atoms with Crippen molar-refractivity contribution >= 4 is 21.1 Å². The molecule has 1 N–H and O–H groups in total. The summed E-state index contributed by atoms with van der Waals surface area (Å²) >= 11 is 0. The summed E-state index contributed by atoms with van der Waals surface area (Å²) < 4.78 is 30.2. The van der Waals surface area contributed by atoms with Crippen LogP contribution < -0.4 is 5.56 Å². The van der Waals surface area contributed by atoms with Crippen LogP contribution in [0.4, 0.5) is 0 Å². The first-order chi connectivity index (χ1) is 17.1. The number of phenols is 1. The van der Waals surface area contributed by atoms with E-state index in [2.05, 4.69) is 9.97 Å². The Morgan fingerprint density at radius 2 is 1.61 bits per heavy atom. The van der Waals surface area contributed by atoms with Crippen molar-refractivity contribution in [2.45, 2.75) is 32.6 Å². The van der Waals surface area contributed by atoms with E-state index in [4.69, 9.17) is 0 Å². The Balaban J connectivity index is 1.86. The quantitative estimate of drug-likeness (QED) is 0.391. The van der Waals surface area contributed by atoms with Gasteiger partial charge in [-0.25, -0.2) is 17.4 Å². The van der Waals surface area contributed by atoms with Crippen molar-refractivity contribution in [1.82, 2.24) is 18.5 Å². The molecule has 0 saturated heterocycles. The lowest BCUT2D eigenvalue weighted by atomic mass is 10.1. The number of hydrogen-bond acceptors (Lipinski definition) is 6. The third kappa shape index (κ3) is 3.68. The number of nitrogens with zero attached hydrogens (tertiary/aromatic N) is 4. The predicted molar refractivity (Wildman–Crippen MR) is 138 cm³/mol. The van der Waals surface area contributed by atoms with Crippen LogP contribution in [0.3, 0.4) is 0 Å². The van der Waals surface area contributed by atoms with Gasteiger partial charge in [-0.3, -0.25) is 14.3 Å². The Kier molecular flexibility index (Phi) is 5.52. The largest absolute Gasteiger partial charge is 0.508 e. The summed E-state index contributed by atoms with van der Waals surface area (Å²) in [4.78, 5) is 22.6. The van der Waals surface area contributed by atoms with Crippen LogP contribution in [0.25, 0.3) is 28.0 Å². The van der Waals surface area contributed by atoms with Crippen LogP contribution in [0, 0.1) is 27.7 Å². The van der Waals surface area contributed by atoms with Gasteiger partial charge in [0.05, 0.1) is 21.7 Å². The van der Waals surface area contributed by atoms with E-state index in [0.29, 0.717) is 16.8 Å². The molecule has 8 nitrogen and oxygen atoms in total. The summed E-state index contributed by atoms with van der Waals surface area (Å²) in [5.41, 5.74) is 3.87. The first-order valence-electron chi connectivity index (χ1n) is 11.3. The average molecular weight is 501 g/mol. The van der Waals surface area contributed by atoms with Crippen molar-refractivity contribution in [2.24, 2.45) is 0 Å². The lowest BCUT2D eigenvalue weighted by molar-refractivity contribution is 0.470. The fraction of sp³-hybridized carbons (Fsp3) is 0.148. The van der Waals surface area contributed by atoms with E-state index < -0.39 is 15.6 Å². The zero-order chi connectivity index (χ0) is 25.8. The topological polar surface area (TPSA) is 107 Å². The second kappa shape index (κ2) is 8.46. The zero-order valence-electron chi connectivity index (χ0n) is 20.2. The Bertz CT molecular complexity index is 1800. The van der Waals surface area contributed by atoms with Crippen LogP contribution in [0.2, 0.25) is 0 Å². The van der Waals surface area contributed by atoms with Gasteiger partial charge in [0.2, 0.25) is 0 Å². The van der Waals surface area contributed by atoms with E-state index in [1.54, 1.807) is 49.5 Å². The van der Waals surface area contributed by atoms with Crippen LogP contribution in [-0.2, 0) is 10.0 Å². The van der Waals surface area contributed by atoms with Crippen molar-refractivity contribution in [3.05, 3.63) is 99.9 Å². The maximum atomic E-state index is 13.9. The monoisotopic (exact) mass is 500 g/mol. The lowest BCUT2D eigenvalue weighted by Crippen LogP contribution is -2.21. The molecule has 2 aromatic carbocycles. The zero-order valence-corrected chi connectivity index (χ0v) is 21.0. The molecule has 182 valence electrons. The highest BCUT2D eigenvalue weighted by molar-refractivity contribution is 7.90. The Morgan fingerprint density at radius 1 is 0.889 bits per heavy atom. The number of pyridine rings is 1. The van der Waals surface area contributed by atoms with Gasteiger partial charge in [0.15, 0.2) is 5.65 Å². The Morgan fingerprint density at radius 3 is 2.28 bits per heavy atom. The highest BCUT2D eigenvalue weighted by Crippen LogP contribution is 2.31. The number of aromatic hydroxyl groups is 1. The highest BCUT2D eigenvalue weighted by Gasteiger charge is 2.27. The minimum atomic E-state index is -4.11. The van der Waals surface area contributed by atoms with Crippen LogP contribution in [-0.4, -0.2) is 32.0 Å². The number of aromatic nitrogens is 4. The predicted octanol–water partition coefficient (Wildman–Crippen LogP) is 4.43. The molecule has 9 heteroatoms. The van der Waals surface area contributed by atoms with Gasteiger partial charge in [-0.05, 0) is 69.7 Å². The van der Waals surface area contributed by atoms with Crippen molar-refractivity contribution in [2.75, 3.05) is 0 Å². The molecule has 3 aromatic heterocycles. The molecule has 5 aromatic rings. The molecule has 0 fully saturated rings. The van der Waals surface area contributed by atoms with E-state index in [-0.39, 0.29) is 27.4 Å². The van der Waals surface area contributed by atoms with Crippen molar-refractivity contribution in [3.63, 3.8) is 0 Å². The molecule has 0 amide bonds. The summed E-state index contributed by atoms with van der Waals surface area (Å²) in [5, 5.41) is 10.4. The molecule has 0 aliphatic rings. The van der Waals surface area contributed by atoms with Gasteiger partial charge in [-0.15, -0.1) is 0 Å². The van der Waals surface area contributed by atoms with E-state index >= 15 is 0 Å². The molecule has 0 atom stereocenters. The van der Waals surface area contributed by atoms with Gasteiger partial charge in [0.1, 0.15) is 12.1 Å². The first-order valence-corrected chi connectivity index (χ1v) is 12.7. The molecular formula is C27H24N4O4S. The maximum Gasteiger partial charge on any atom is 0.269 e. The Labute approximate surface area is 208 Å². The molecule has 0 aliphatic heterocycles. The molecule has 0 unspecified atom stereocenters. The van der Waals surface area contributed by atoms with Gasteiger partial charge < -0.3 is 5.11 Å². The molecule has 0 saturated carbocycles. The summed E-state index contributed by atoms with van der Waals surface area (Å²) in [6, 6.07) is 14.9. The molecule has 0 bridgehead atoms. The number of aryl methyl sites for hydroxylation is 3. The second-order valence-corrected chi connectivity index (χ2v) is 10.6. The number of phenolic OH excluding ortho intramolecular Hbond substituents is 1. The molecule has 0 aliphatic carbocycles. The van der Waals surface area contributed by atoms with Crippen molar-refractivity contribution < 1.29 is 13.5 Å². The third-order valence-corrected chi connectivity index (χ3v) is 8.01. The molecule has 5 rings (SSSR count). The molecule has 0 spiro atoms. The summed E-state index contributed by atoms with van der Waals surface area (Å²) in [5.74, 6) is 0.0496. The first kappa shape index (κ1) is 23.5. The second-order valence-electron chi connectivity index (χ2n) is 8.83. The minimum Gasteiger partial charge on any atom is -0.508 e. The fourth-order valence-corrected chi connectivity index (χ4v) is 5.77. The van der Waals surface area contributed by atoms with Gasteiger partial charge in [0, 0.05) is 23.0 Å². The highest BCUT2D eigenvalue weighted by atomic mass is 32.2. The number of fused-ring (bicyclic) bond motifs is 1. The normalized spacial score (nSPS) is 11.8. The van der Waals surface area contributed by atoms with Gasteiger partial charge in [-0.2, -0.15) is 0 Å². The average Bonchev–Trinajstić information content (AvgIpc) is 3.25. The molecular weight excluding hydrogens is 476 g/mol. The van der Waals surface area contributed by atoms with Crippen LogP contribution in [0.15, 0.2) is 76.8 Å². The minimum absolute atomic E-state index is 0.0165. The van der Waals surface area contributed by atoms with Crippen LogP contribution >= 0.6 is 0 Å². The van der Waals surface area contributed by atoms with Crippen LogP contribution in [0.1, 0.15) is 22.4 Å². The van der Waals surface area contributed by atoms with E-state index in [1.165, 1.54) is 29.1 Å². The van der Waals surface area contributed by atoms with Gasteiger partial charge in [-0.1, -0.05) is 23.8 Å².